The maximum atomic E-state index is 11.4. The zero-order valence-electron chi connectivity index (χ0n) is 8.23. The van der Waals surface area contributed by atoms with Crippen molar-refractivity contribution in [3.63, 3.8) is 0 Å². The number of nitrogens with one attached hydrogen (secondary N) is 1. The van der Waals surface area contributed by atoms with Crippen molar-refractivity contribution in [1.29, 1.82) is 5.26 Å². The lowest BCUT2D eigenvalue weighted by Gasteiger charge is -2.03. The van der Waals surface area contributed by atoms with Crippen LogP contribution in [0.5, 0.6) is 5.75 Å². The van der Waals surface area contributed by atoms with Crippen molar-refractivity contribution >= 4 is 10.9 Å². The minimum Gasteiger partial charge on any atom is -0.495 e. The third-order valence-electron chi connectivity index (χ3n) is 2.08. The Balaban J connectivity index is 3.02. The van der Waals surface area contributed by atoms with E-state index in [0.717, 1.165) is 0 Å². The highest BCUT2D eigenvalue weighted by atomic mass is 16.5. The summed E-state index contributed by atoms with van der Waals surface area (Å²) in [7, 11) is 1.38. The summed E-state index contributed by atoms with van der Waals surface area (Å²) in [5.74, 6) is -0.612. The van der Waals surface area contributed by atoms with E-state index in [4.69, 9.17) is 10.00 Å². The van der Waals surface area contributed by atoms with Gasteiger partial charge in [-0.15, -0.1) is 0 Å². The summed E-state index contributed by atoms with van der Waals surface area (Å²) >= 11 is 0. The van der Waals surface area contributed by atoms with E-state index in [1.165, 1.54) is 19.2 Å². The molecular formula is C10H6N2O4. The number of aromatic amines is 1. The maximum absolute atomic E-state index is 11.4. The minimum atomic E-state index is -0.861. The summed E-state index contributed by atoms with van der Waals surface area (Å²) in [5, 5.41) is 8.86. The van der Waals surface area contributed by atoms with Crippen molar-refractivity contribution in [2.45, 2.75) is 0 Å². The third-order valence-corrected chi connectivity index (χ3v) is 2.08. The van der Waals surface area contributed by atoms with Crippen molar-refractivity contribution in [1.82, 2.24) is 4.98 Å². The van der Waals surface area contributed by atoms with Gasteiger partial charge in [0.15, 0.2) is 0 Å². The van der Waals surface area contributed by atoms with E-state index in [1.807, 2.05) is 6.07 Å². The second kappa shape index (κ2) is 3.55. The number of hydrogen-bond acceptors (Lipinski definition) is 5. The predicted molar refractivity (Wildman–Crippen MR) is 54.4 cm³/mol. The molecule has 6 heteroatoms. The van der Waals surface area contributed by atoms with Gasteiger partial charge in [0.1, 0.15) is 11.3 Å². The third kappa shape index (κ3) is 1.44. The van der Waals surface area contributed by atoms with Gasteiger partial charge in [-0.05, 0) is 6.07 Å². The van der Waals surface area contributed by atoms with Crippen LogP contribution >= 0.6 is 0 Å². The summed E-state index contributed by atoms with van der Waals surface area (Å²) in [6, 6.07) is 4.64. The Morgan fingerprint density at radius 1 is 1.44 bits per heavy atom. The molecule has 0 unspecified atom stereocenters. The number of aromatic nitrogens is 1. The highest BCUT2D eigenvalue weighted by Gasteiger charge is 2.10. The number of fused-ring (bicyclic) bond motifs is 1. The molecule has 2 aromatic rings. The summed E-state index contributed by atoms with van der Waals surface area (Å²) in [6.07, 6.45) is 0. The Kier molecular flexibility index (Phi) is 2.21. The fourth-order valence-electron chi connectivity index (χ4n) is 1.40. The lowest BCUT2D eigenvalue weighted by atomic mass is 10.1. The zero-order chi connectivity index (χ0) is 11.7. The molecular weight excluding hydrogens is 212 g/mol. The summed E-state index contributed by atoms with van der Waals surface area (Å²) in [5.41, 5.74) is -0.319. The van der Waals surface area contributed by atoms with Crippen LogP contribution in [0.2, 0.25) is 0 Å². The minimum absolute atomic E-state index is 0.107. The lowest BCUT2D eigenvalue weighted by molar-refractivity contribution is 0.415. The summed E-state index contributed by atoms with van der Waals surface area (Å²) in [4.78, 5) is 24.7. The summed E-state index contributed by atoms with van der Waals surface area (Å²) in [6.45, 7) is 0. The van der Waals surface area contributed by atoms with Crippen molar-refractivity contribution in [3.8, 4) is 11.8 Å². The quantitative estimate of drug-likeness (QED) is 0.745. The van der Waals surface area contributed by atoms with Gasteiger partial charge in [-0.3, -0.25) is 4.98 Å². The van der Waals surface area contributed by atoms with Gasteiger partial charge in [0.25, 0.3) is 0 Å². The van der Waals surface area contributed by atoms with Crippen LogP contribution in [-0.2, 0) is 0 Å². The zero-order valence-corrected chi connectivity index (χ0v) is 8.23. The number of hydrogen-bond donors (Lipinski definition) is 1. The molecule has 1 N–H and O–H groups in total. The van der Waals surface area contributed by atoms with E-state index in [2.05, 4.69) is 9.40 Å². The molecule has 1 aromatic heterocycles. The molecule has 0 atom stereocenters. The average molecular weight is 218 g/mol. The molecule has 0 fully saturated rings. The molecule has 6 nitrogen and oxygen atoms in total. The summed E-state index contributed by atoms with van der Waals surface area (Å²) < 4.78 is 9.34. The molecule has 1 aromatic carbocycles. The Morgan fingerprint density at radius 2 is 2.19 bits per heavy atom. The smallest absolute Gasteiger partial charge is 0.419 e. The Labute approximate surface area is 88.7 Å². The SMILES string of the molecule is COc1cc(C#N)cc2c(=O)oc(=O)[nH]c12. The molecule has 0 aliphatic rings. The second-order valence-corrected chi connectivity index (χ2v) is 3.01. The molecule has 80 valence electrons. The lowest BCUT2D eigenvalue weighted by Crippen LogP contribution is -2.15. The van der Waals surface area contributed by atoms with Crippen LogP contribution in [0.3, 0.4) is 0 Å². The molecule has 1 heterocycles. The highest BCUT2D eigenvalue weighted by molar-refractivity contribution is 5.84. The van der Waals surface area contributed by atoms with Crippen molar-refractivity contribution in [2.75, 3.05) is 7.11 Å². The van der Waals surface area contributed by atoms with Crippen LogP contribution < -0.4 is 16.1 Å². The maximum Gasteiger partial charge on any atom is 0.419 e. The average Bonchev–Trinajstić information content (AvgIpc) is 2.28. The fourth-order valence-corrected chi connectivity index (χ4v) is 1.40. The van der Waals surface area contributed by atoms with Crippen LogP contribution in [0, 0.1) is 11.3 Å². The van der Waals surface area contributed by atoms with Gasteiger partial charge in [-0.25, -0.2) is 9.59 Å². The van der Waals surface area contributed by atoms with Gasteiger partial charge in [0.2, 0.25) is 0 Å². The molecule has 0 radical (unpaired) electrons. The predicted octanol–water partition coefficient (Wildman–Crippen LogP) is 0.362. The molecule has 0 bridgehead atoms. The van der Waals surface area contributed by atoms with E-state index in [0.29, 0.717) is 0 Å². The fraction of sp³-hybridized carbons (Fsp3) is 0.100. The number of rotatable bonds is 1. The van der Waals surface area contributed by atoms with E-state index in [-0.39, 0.29) is 22.2 Å². The number of ether oxygens (including phenoxy) is 1. The van der Waals surface area contributed by atoms with Gasteiger partial charge in [-0.2, -0.15) is 5.26 Å². The first-order valence-corrected chi connectivity index (χ1v) is 4.31. The first kappa shape index (κ1) is 9.98. The number of nitriles is 1. The van der Waals surface area contributed by atoms with Gasteiger partial charge >= 0.3 is 11.4 Å². The van der Waals surface area contributed by atoms with Crippen LogP contribution in [-0.4, -0.2) is 12.1 Å². The molecule has 0 saturated carbocycles. The van der Waals surface area contributed by atoms with Crippen molar-refractivity contribution in [3.05, 3.63) is 38.7 Å². The van der Waals surface area contributed by atoms with E-state index in [9.17, 15) is 9.59 Å². The van der Waals surface area contributed by atoms with Crippen LogP contribution in [0.25, 0.3) is 10.9 Å². The number of benzene rings is 1. The molecule has 0 amide bonds. The number of H-pyrrole nitrogens is 1. The first-order chi connectivity index (χ1) is 7.65. The van der Waals surface area contributed by atoms with Gasteiger partial charge in [0, 0.05) is 6.07 Å². The molecule has 2 rings (SSSR count). The molecule has 0 aliphatic carbocycles. The van der Waals surface area contributed by atoms with Crippen LogP contribution in [0.4, 0.5) is 0 Å². The normalized spacial score (nSPS) is 10.0. The van der Waals surface area contributed by atoms with E-state index in [1.54, 1.807) is 0 Å². The molecule has 16 heavy (non-hydrogen) atoms. The standard InChI is InChI=1S/C10H6N2O4/c1-15-7-3-5(4-11)2-6-8(7)12-10(14)16-9(6)13/h2-3H,1H3,(H,12,14). The van der Waals surface area contributed by atoms with Crippen molar-refractivity contribution < 1.29 is 9.15 Å². The topological polar surface area (TPSA) is 96.1 Å². The number of methoxy groups -OCH3 is 1. The monoisotopic (exact) mass is 218 g/mol. The Bertz CT molecular complexity index is 705. The van der Waals surface area contributed by atoms with Gasteiger partial charge in [0.05, 0.1) is 24.1 Å². The Morgan fingerprint density at radius 3 is 2.81 bits per heavy atom. The van der Waals surface area contributed by atoms with Crippen LogP contribution in [0.15, 0.2) is 26.1 Å². The van der Waals surface area contributed by atoms with Crippen LogP contribution in [0.1, 0.15) is 5.56 Å². The first-order valence-electron chi connectivity index (χ1n) is 4.31. The van der Waals surface area contributed by atoms with E-state index >= 15 is 0 Å². The molecule has 0 spiro atoms. The van der Waals surface area contributed by atoms with E-state index < -0.39 is 11.4 Å². The highest BCUT2D eigenvalue weighted by Crippen LogP contribution is 2.22. The second-order valence-electron chi connectivity index (χ2n) is 3.01. The number of nitrogens with zero attached hydrogens (tertiary/aromatic N) is 1. The van der Waals surface area contributed by atoms with Gasteiger partial charge in [-0.1, -0.05) is 0 Å². The molecule has 0 saturated heterocycles. The largest absolute Gasteiger partial charge is 0.495 e. The molecule has 0 aliphatic heterocycles. The van der Waals surface area contributed by atoms with Crippen molar-refractivity contribution in [2.24, 2.45) is 0 Å². The van der Waals surface area contributed by atoms with Gasteiger partial charge < -0.3 is 9.15 Å². The Hall–Kier alpha value is -2.55.